The molecule has 0 aromatic heterocycles. The Morgan fingerprint density at radius 2 is 1.15 bits per heavy atom. The van der Waals surface area contributed by atoms with Gasteiger partial charge in [0.15, 0.2) is 0 Å². The van der Waals surface area contributed by atoms with E-state index in [1.165, 1.54) is 0 Å². The van der Waals surface area contributed by atoms with Crippen LogP contribution in [0.15, 0.2) is 48.5 Å². The van der Waals surface area contributed by atoms with Crippen molar-refractivity contribution in [3.8, 4) is 11.5 Å². The summed E-state index contributed by atoms with van der Waals surface area (Å²) < 4.78 is 16.4. The number of hydrogen-bond donors (Lipinski definition) is 0. The molecule has 1 fully saturated rings. The lowest BCUT2D eigenvalue weighted by Gasteiger charge is -2.15. The van der Waals surface area contributed by atoms with Crippen LogP contribution in [-0.2, 0) is 10.3 Å². The van der Waals surface area contributed by atoms with Crippen LogP contribution in [0.5, 0.6) is 11.5 Å². The normalized spacial score (nSPS) is 19.4. The molecular formula is C17H18O3. The molecule has 3 heteroatoms. The van der Waals surface area contributed by atoms with Gasteiger partial charge in [0.05, 0.1) is 20.3 Å². The van der Waals surface area contributed by atoms with Gasteiger partial charge in [0.2, 0.25) is 0 Å². The predicted molar refractivity (Wildman–Crippen MR) is 77.3 cm³/mol. The fraction of sp³-hybridized carbons (Fsp3) is 0.294. The minimum Gasteiger partial charge on any atom is -0.497 e. The van der Waals surface area contributed by atoms with Gasteiger partial charge in [0.25, 0.3) is 0 Å². The minimum absolute atomic E-state index is 0.171. The summed E-state index contributed by atoms with van der Waals surface area (Å²) in [5.41, 5.74) is 1.96. The molecule has 1 aliphatic rings. The van der Waals surface area contributed by atoms with Gasteiger partial charge in [-0.15, -0.1) is 0 Å². The standard InChI is InChI=1S/C17H18O3/c1-12-17(20-12,13-4-8-15(18-2)9-5-13)14-6-10-16(19-3)11-7-14/h4-12H,1-3H3. The van der Waals surface area contributed by atoms with Gasteiger partial charge in [0, 0.05) is 0 Å². The van der Waals surface area contributed by atoms with E-state index in [4.69, 9.17) is 14.2 Å². The molecule has 3 rings (SSSR count). The van der Waals surface area contributed by atoms with Crippen molar-refractivity contribution in [2.24, 2.45) is 0 Å². The van der Waals surface area contributed by atoms with Crippen molar-refractivity contribution >= 4 is 0 Å². The van der Waals surface area contributed by atoms with Crippen LogP contribution in [-0.4, -0.2) is 20.3 Å². The van der Waals surface area contributed by atoms with Crippen molar-refractivity contribution < 1.29 is 14.2 Å². The van der Waals surface area contributed by atoms with Crippen molar-refractivity contribution in [1.82, 2.24) is 0 Å². The van der Waals surface area contributed by atoms with E-state index >= 15 is 0 Å². The summed E-state index contributed by atoms with van der Waals surface area (Å²) >= 11 is 0. The van der Waals surface area contributed by atoms with Crippen LogP contribution in [0.25, 0.3) is 0 Å². The number of benzene rings is 2. The fourth-order valence-corrected chi connectivity index (χ4v) is 2.69. The molecule has 0 amide bonds. The maximum Gasteiger partial charge on any atom is 0.144 e. The third-order valence-electron chi connectivity index (χ3n) is 3.92. The SMILES string of the molecule is COc1ccc(C2(c3ccc(OC)cc3)OC2C)cc1. The highest BCUT2D eigenvalue weighted by molar-refractivity contribution is 5.45. The Hall–Kier alpha value is -2.00. The van der Waals surface area contributed by atoms with Crippen LogP contribution in [0.2, 0.25) is 0 Å². The lowest BCUT2D eigenvalue weighted by atomic mass is 9.88. The molecule has 0 spiro atoms. The van der Waals surface area contributed by atoms with Gasteiger partial charge in [-0.05, 0) is 42.3 Å². The van der Waals surface area contributed by atoms with Crippen molar-refractivity contribution in [3.05, 3.63) is 59.7 Å². The molecule has 1 unspecified atom stereocenters. The molecule has 104 valence electrons. The molecule has 20 heavy (non-hydrogen) atoms. The summed E-state index contributed by atoms with van der Waals surface area (Å²) in [6.45, 7) is 2.09. The summed E-state index contributed by atoms with van der Waals surface area (Å²) in [4.78, 5) is 0. The molecule has 0 N–H and O–H groups in total. The van der Waals surface area contributed by atoms with E-state index < -0.39 is 0 Å². The summed E-state index contributed by atoms with van der Waals surface area (Å²) in [6, 6.07) is 16.1. The highest BCUT2D eigenvalue weighted by atomic mass is 16.6. The van der Waals surface area contributed by atoms with Gasteiger partial charge < -0.3 is 14.2 Å². The van der Waals surface area contributed by atoms with Gasteiger partial charge in [-0.25, -0.2) is 0 Å². The van der Waals surface area contributed by atoms with Crippen LogP contribution in [0.1, 0.15) is 18.1 Å². The quantitative estimate of drug-likeness (QED) is 0.798. The summed E-state index contributed by atoms with van der Waals surface area (Å²) in [5.74, 6) is 1.71. The molecule has 1 aliphatic heterocycles. The third kappa shape index (κ3) is 1.95. The Labute approximate surface area is 119 Å². The van der Waals surface area contributed by atoms with Gasteiger partial charge in [-0.3, -0.25) is 0 Å². The largest absolute Gasteiger partial charge is 0.497 e. The fourth-order valence-electron chi connectivity index (χ4n) is 2.69. The van der Waals surface area contributed by atoms with Crippen LogP contribution >= 0.6 is 0 Å². The van der Waals surface area contributed by atoms with Gasteiger partial charge in [-0.2, -0.15) is 0 Å². The van der Waals surface area contributed by atoms with E-state index in [9.17, 15) is 0 Å². The van der Waals surface area contributed by atoms with E-state index in [2.05, 4.69) is 31.2 Å². The molecule has 2 aromatic carbocycles. The second-order valence-corrected chi connectivity index (χ2v) is 4.95. The predicted octanol–water partition coefficient (Wildman–Crippen LogP) is 3.37. The van der Waals surface area contributed by atoms with Crippen LogP contribution in [0.3, 0.4) is 0 Å². The van der Waals surface area contributed by atoms with Gasteiger partial charge >= 0.3 is 0 Å². The van der Waals surface area contributed by atoms with E-state index in [1.54, 1.807) is 14.2 Å². The highest BCUT2D eigenvalue weighted by Gasteiger charge is 2.56. The van der Waals surface area contributed by atoms with Gasteiger partial charge in [0.1, 0.15) is 17.1 Å². The Morgan fingerprint density at radius 3 is 1.40 bits per heavy atom. The first-order valence-electron chi connectivity index (χ1n) is 6.67. The summed E-state index contributed by atoms with van der Waals surface area (Å²) in [5, 5.41) is 0. The first kappa shape index (κ1) is 13.0. The molecule has 0 saturated carbocycles. The molecule has 1 saturated heterocycles. The zero-order chi connectivity index (χ0) is 14.2. The first-order valence-corrected chi connectivity index (χ1v) is 6.67. The number of methoxy groups -OCH3 is 2. The Balaban J connectivity index is 1.97. The highest BCUT2D eigenvalue weighted by Crippen LogP contribution is 2.51. The van der Waals surface area contributed by atoms with Gasteiger partial charge in [-0.1, -0.05) is 24.3 Å². The topological polar surface area (TPSA) is 31.0 Å². The van der Waals surface area contributed by atoms with E-state index in [0.29, 0.717) is 0 Å². The Kier molecular flexibility index (Phi) is 3.14. The Bertz CT molecular complexity index is 539. The lowest BCUT2D eigenvalue weighted by molar-refractivity contribution is 0.331. The number of rotatable bonds is 4. The van der Waals surface area contributed by atoms with Crippen molar-refractivity contribution in [2.75, 3.05) is 14.2 Å². The van der Waals surface area contributed by atoms with Crippen LogP contribution < -0.4 is 9.47 Å². The maximum atomic E-state index is 5.94. The smallest absolute Gasteiger partial charge is 0.144 e. The average molecular weight is 270 g/mol. The first-order chi connectivity index (χ1) is 9.70. The number of epoxide rings is 1. The zero-order valence-electron chi connectivity index (χ0n) is 11.9. The molecule has 1 heterocycles. The van der Waals surface area contributed by atoms with E-state index in [0.717, 1.165) is 22.6 Å². The summed E-state index contributed by atoms with van der Waals surface area (Å²) in [6.07, 6.45) is 0.171. The van der Waals surface area contributed by atoms with Crippen LogP contribution in [0.4, 0.5) is 0 Å². The molecular weight excluding hydrogens is 252 g/mol. The summed E-state index contributed by atoms with van der Waals surface area (Å²) in [7, 11) is 3.34. The molecule has 1 atom stereocenters. The van der Waals surface area contributed by atoms with E-state index in [-0.39, 0.29) is 11.7 Å². The minimum atomic E-state index is -0.335. The second-order valence-electron chi connectivity index (χ2n) is 4.95. The molecule has 0 radical (unpaired) electrons. The molecule has 3 nitrogen and oxygen atoms in total. The average Bonchev–Trinajstić information content (AvgIpc) is 3.20. The van der Waals surface area contributed by atoms with Crippen molar-refractivity contribution in [2.45, 2.75) is 18.6 Å². The van der Waals surface area contributed by atoms with Crippen LogP contribution in [0, 0.1) is 0 Å². The molecule has 2 aromatic rings. The Morgan fingerprint density at radius 1 is 0.800 bits per heavy atom. The van der Waals surface area contributed by atoms with E-state index in [1.807, 2.05) is 24.3 Å². The molecule has 0 aliphatic carbocycles. The second kappa shape index (κ2) is 4.84. The third-order valence-corrected chi connectivity index (χ3v) is 3.92. The van der Waals surface area contributed by atoms with Crippen molar-refractivity contribution in [1.29, 1.82) is 0 Å². The number of ether oxygens (including phenoxy) is 3. The zero-order valence-corrected chi connectivity index (χ0v) is 11.9. The number of hydrogen-bond acceptors (Lipinski definition) is 3. The lowest BCUT2D eigenvalue weighted by Crippen LogP contribution is -2.13. The molecule has 0 bridgehead atoms. The monoisotopic (exact) mass is 270 g/mol. The van der Waals surface area contributed by atoms with Crippen molar-refractivity contribution in [3.63, 3.8) is 0 Å². The maximum absolute atomic E-state index is 5.94.